The summed E-state index contributed by atoms with van der Waals surface area (Å²) in [5.74, 6) is 0. The summed E-state index contributed by atoms with van der Waals surface area (Å²) >= 11 is 0. The second-order valence-electron chi connectivity index (χ2n) is 16.8. The van der Waals surface area contributed by atoms with E-state index in [9.17, 15) is 14.4 Å². The second kappa shape index (κ2) is 19.9. The molecule has 0 aliphatic heterocycles. The van der Waals surface area contributed by atoms with Crippen LogP contribution in [-0.4, -0.2) is 28.2 Å². The van der Waals surface area contributed by atoms with Gasteiger partial charge in [0.15, 0.2) is 0 Å². The van der Waals surface area contributed by atoms with Crippen molar-refractivity contribution < 1.29 is 0 Å². The van der Waals surface area contributed by atoms with E-state index < -0.39 is 0 Å². The van der Waals surface area contributed by atoms with Crippen LogP contribution in [0.3, 0.4) is 0 Å². The van der Waals surface area contributed by atoms with Crippen LogP contribution in [0.2, 0.25) is 0 Å². The molecule has 0 saturated heterocycles. The molecule has 9 heteroatoms. The van der Waals surface area contributed by atoms with Crippen molar-refractivity contribution in [3.63, 3.8) is 0 Å². The number of fused-ring (bicyclic) bond motifs is 17. The van der Waals surface area contributed by atoms with Gasteiger partial charge in [0.2, 0.25) is 0 Å². The highest BCUT2D eigenvalue weighted by Crippen LogP contribution is 2.30. The maximum absolute atomic E-state index is 12.9. The van der Waals surface area contributed by atoms with Gasteiger partial charge in [0.25, 0.3) is 16.7 Å². The van der Waals surface area contributed by atoms with Crippen LogP contribution in [0.1, 0.15) is 33.3 Å². The molecule has 0 unspecified atom stereocenters. The first-order valence-electron chi connectivity index (χ1n) is 24.3. The van der Waals surface area contributed by atoms with Crippen LogP contribution in [-0.2, 0) is 0 Å². The Hall–Kier alpha value is -9.34. The first-order valence-corrected chi connectivity index (χ1v) is 24.3. The monoisotopic (exact) mass is 938 g/mol. The van der Waals surface area contributed by atoms with Crippen molar-refractivity contribution in [3.05, 3.63) is 249 Å². The molecule has 0 atom stereocenters. The van der Waals surface area contributed by atoms with E-state index in [2.05, 4.69) is 46.1 Å². The summed E-state index contributed by atoms with van der Waals surface area (Å²) in [6.45, 7) is 10.1. The van der Waals surface area contributed by atoms with E-state index in [1.165, 1.54) is 5.56 Å². The number of benzene rings is 8. The molecular formula is C63H50N6O3. The van der Waals surface area contributed by atoms with Crippen molar-refractivity contribution in [2.75, 3.05) is 0 Å². The molecule has 0 saturated carbocycles. The molecule has 0 aliphatic carbocycles. The lowest BCUT2D eigenvalue weighted by molar-refractivity contribution is 1.13. The number of rotatable bonds is 1. The molecule has 0 amide bonds. The number of nitrogens with zero attached hydrogens (tertiary/aromatic N) is 6. The predicted molar refractivity (Wildman–Crippen MR) is 300 cm³/mol. The van der Waals surface area contributed by atoms with Gasteiger partial charge in [-0.15, -0.1) is 0 Å². The minimum Gasteiger partial charge on any atom is -0.300 e. The van der Waals surface area contributed by atoms with E-state index in [1.54, 1.807) is 0 Å². The van der Waals surface area contributed by atoms with E-state index in [0.717, 1.165) is 76.4 Å². The molecule has 0 radical (unpaired) electrons. The maximum Gasteiger partial charge on any atom is 0.281 e. The third-order valence-electron chi connectivity index (χ3n) is 12.8. The molecule has 14 rings (SSSR count). The maximum atomic E-state index is 12.9. The molecule has 72 heavy (non-hydrogen) atoms. The first-order chi connectivity index (χ1) is 35.4. The van der Waals surface area contributed by atoms with Gasteiger partial charge in [-0.3, -0.25) is 14.4 Å². The number of pyridine rings is 3. The summed E-state index contributed by atoms with van der Waals surface area (Å²) in [6, 6.07) is 63.7. The third-order valence-corrected chi connectivity index (χ3v) is 12.8. The Labute approximate surface area is 414 Å². The van der Waals surface area contributed by atoms with Crippen molar-refractivity contribution in [1.29, 1.82) is 0 Å². The Morgan fingerprint density at radius 1 is 0.333 bits per heavy atom. The molecule has 9 nitrogen and oxygen atoms in total. The first kappa shape index (κ1) is 46.4. The van der Waals surface area contributed by atoms with Crippen LogP contribution in [0, 0.1) is 6.92 Å². The zero-order valence-corrected chi connectivity index (χ0v) is 40.6. The van der Waals surface area contributed by atoms with Crippen LogP contribution < -0.4 is 16.7 Å². The second-order valence-corrected chi connectivity index (χ2v) is 16.8. The van der Waals surface area contributed by atoms with E-state index >= 15 is 0 Å². The lowest BCUT2D eigenvalue weighted by Crippen LogP contribution is -2.12. The van der Waals surface area contributed by atoms with Gasteiger partial charge in [-0.05, 0) is 86.9 Å². The largest absolute Gasteiger partial charge is 0.300 e. The van der Waals surface area contributed by atoms with Gasteiger partial charge in [0.05, 0.1) is 32.7 Å². The average molecular weight is 939 g/mol. The molecule has 350 valence electrons. The number of hydrogen-bond acceptors (Lipinski definition) is 6. The average Bonchev–Trinajstić information content (AvgIpc) is 3.45. The Kier molecular flexibility index (Phi) is 12.9. The molecule has 0 N–H and O–H groups in total. The highest BCUT2D eigenvalue weighted by molar-refractivity contribution is 6.08. The van der Waals surface area contributed by atoms with Gasteiger partial charge >= 0.3 is 0 Å². The fourth-order valence-corrected chi connectivity index (χ4v) is 9.63. The van der Waals surface area contributed by atoms with Crippen molar-refractivity contribution >= 4 is 92.7 Å². The fourth-order valence-electron chi connectivity index (χ4n) is 9.63. The normalized spacial score (nSPS) is 11.0. The van der Waals surface area contributed by atoms with Crippen LogP contribution in [0.15, 0.2) is 227 Å². The number of aromatic nitrogens is 6. The SMILES string of the molecule is CC.CC.Cc1cn2c3ccccc3c(=O)nc2c2ccccc12.O=c1nc2c3ccccc3ccn2c2ccc3ccccc3c12.O=c1nc2c3ccccc3ccn2c2cccc(-c3ccccc3)c12. The van der Waals surface area contributed by atoms with E-state index in [0.29, 0.717) is 27.5 Å². The van der Waals surface area contributed by atoms with Crippen LogP contribution in [0.25, 0.3) is 104 Å². The summed E-state index contributed by atoms with van der Waals surface area (Å²) in [6.07, 6.45) is 6.02. The van der Waals surface area contributed by atoms with Gasteiger partial charge in [-0.25, -0.2) is 0 Å². The van der Waals surface area contributed by atoms with Crippen molar-refractivity contribution in [2.45, 2.75) is 34.6 Å². The summed E-state index contributed by atoms with van der Waals surface area (Å²) < 4.78 is 6.02. The summed E-state index contributed by atoms with van der Waals surface area (Å²) in [5.41, 5.74) is 7.36. The fraction of sp³-hybridized carbons (Fsp3) is 0.0794. The molecule has 0 spiro atoms. The highest BCUT2D eigenvalue weighted by atomic mass is 16.1. The summed E-state index contributed by atoms with van der Waals surface area (Å²) in [4.78, 5) is 50.9. The van der Waals surface area contributed by atoms with Gasteiger partial charge < -0.3 is 13.2 Å². The van der Waals surface area contributed by atoms with Gasteiger partial charge in [0.1, 0.15) is 16.9 Å². The molecule has 0 fully saturated rings. The Balaban J connectivity index is 0.000000121. The standard InChI is InChI=1S/C22H14N2O.C20H12N2O.C17H12N2O.2C2H6/c25-22-20-17(15-7-2-1-3-8-15)11-6-12-19(20)24-14-13-16-9-4-5-10-18(16)21(24)23-22;23-20-18-15-7-3-1-5-13(15)9-10-17(18)22-12-11-14-6-2-4-8-16(14)19(22)21-20;1-11-10-19-15-9-5-4-8-14(15)17(20)18-16(19)13-7-3-2-6-12(11)13;2*1-2/h1-14H;1-12H;2-10H,1H3;2*1-2H3. The molecule has 6 heterocycles. The Morgan fingerprint density at radius 3 is 1.40 bits per heavy atom. The minimum atomic E-state index is -0.189. The molecular weight excluding hydrogens is 889 g/mol. The van der Waals surface area contributed by atoms with Crippen LogP contribution in [0.5, 0.6) is 0 Å². The summed E-state index contributed by atoms with van der Waals surface area (Å²) in [5, 5.41) is 10.3. The van der Waals surface area contributed by atoms with Gasteiger partial charge in [-0.1, -0.05) is 185 Å². The van der Waals surface area contributed by atoms with Crippen molar-refractivity contribution in [3.8, 4) is 11.1 Å². The van der Waals surface area contributed by atoms with Crippen LogP contribution in [0.4, 0.5) is 0 Å². The zero-order chi connectivity index (χ0) is 49.9. The van der Waals surface area contributed by atoms with Crippen molar-refractivity contribution in [1.82, 2.24) is 28.2 Å². The Morgan fingerprint density at radius 2 is 0.778 bits per heavy atom. The number of aryl methyl sites for hydroxylation is 1. The molecule has 14 aromatic rings. The summed E-state index contributed by atoms with van der Waals surface area (Å²) in [7, 11) is 0. The lowest BCUT2D eigenvalue weighted by Gasteiger charge is -2.11. The van der Waals surface area contributed by atoms with Gasteiger partial charge in [0, 0.05) is 34.7 Å². The quantitative estimate of drug-likeness (QED) is 0.152. The van der Waals surface area contributed by atoms with Crippen LogP contribution >= 0.6 is 0 Å². The third kappa shape index (κ3) is 8.16. The molecule has 6 aromatic heterocycles. The highest BCUT2D eigenvalue weighted by Gasteiger charge is 2.14. The zero-order valence-electron chi connectivity index (χ0n) is 40.6. The topological polar surface area (TPSA) is 103 Å². The molecule has 0 aliphatic rings. The molecule has 8 aromatic carbocycles. The number of para-hydroxylation sites is 1. The van der Waals surface area contributed by atoms with Crippen molar-refractivity contribution in [2.24, 2.45) is 0 Å². The lowest BCUT2D eigenvalue weighted by atomic mass is 10.0. The smallest absolute Gasteiger partial charge is 0.281 e. The van der Waals surface area contributed by atoms with Gasteiger partial charge in [-0.2, -0.15) is 15.0 Å². The number of hydrogen-bond donors (Lipinski definition) is 0. The molecule has 0 bridgehead atoms. The van der Waals surface area contributed by atoms with E-state index in [-0.39, 0.29) is 16.7 Å². The minimum absolute atomic E-state index is 0.172. The predicted octanol–water partition coefficient (Wildman–Crippen LogP) is 14.2. The Bertz CT molecular complexity index is 4540. The van der Waals surface area contributed by atoms with E-state index in [1.807, 2.05) is 229 Å². The van der Waals surface area contributed by atoms with E-state index in [4.69, 9.17) is 0 Å².